The number of nitrogens with one attached hydrogen (secondary N) is 1. The molecule has 4 nitrogen and oxygen atoms in total. The van der Waals surface area contributed by atoms with Crippen LogP contribution in [-0.2, 0) is 17.8 Å². The van der Waals surface area contributed by atoms with Crippen molar-refractivity contribution in [2.24, 2.45) is 0 Å². The highest BCUT2D eigenvalue weighted by atomic mass is 79.9. The number of fused-ring (bicyclic) bond motifs is 1. The number of hydrogen-bond donors (Lipinski definition) is 1. The van der Waals surface area contributed by atoms with Crippen molar-refractivity contribution in [3.8, 4) is 0 Å². The monoisotopic (exact) mass is 325 g/mol. The molecule has 0 aliphatic carbocycles. The highest BCUT2D eigenvalue weighted by Crippen LogP contribution is 2.21. The fourth-order valence-corrected chi connectivity index (χ4v) is 2.48. The van der Waals surface area contributed by atoms with Gasteiger partial charge in [0.1, 0.15) is 5.82 Å². The lowest BCUT2D eigenvalue weighted by Gasteiger charge is -2.08. The van der Waals surface area contributed by atoms with Crippen LogP contribution in [0.15, 0.2) is 22.7 Å². The lowest BCUT2D eigenvalue weighted by atomic mass is 10.3. The van der Waals surface area contributed by atoms with E-state index in [9.17, 15) is 0 Å². The smallest absolute Gasteiger partial charge is 0.123 e. The number of benzene rings is 1. The molecule has 0 aliphatic rings. The predicted octanol–water partition coefficient (Wildman–Crippen LogP) is 2.94. The standard InChI is InChI=1S/C14H20BrN3O/c1-3-7-18-13-5-4-11(15)9-12(13)17-14(18)10-16-6-8-19-2/h4-5,9,16H,3,6-8,10H2,1-2H3. The minimum Gasteiger partial charge on any atom is -0.383 e. The third kappa shape index (κ3) is 3.55. The second kappa shape index (κ2) is 7.03. The van der Waals surface area contributed by atoms with Crippen LogP contribution in [0.25, 0.3) is 11.0 Å². The molecule has 0 bridgehead atoms. The van der Waals surface area contributed by atoms with Crippen LogP contribution < -0.4 is 5.32 Å². The molecule has 104 valence electrons. The zero-order chi connectivity index (χ0) is 13.7. The number of imidazole rings is 1. The van der Waals surface area contributed by atoms with E-state index in [1.807, 2.05) is 0 Å². The SMILES string of the molecule is CCCn1c(CNCCOC)nc2cc(Br)ccc21. The molecule has 1 N–H and O–H groups in total. The summed E-state index contributed by atoms with van der Waals surface area (Å²) >= 11 is 3.50. The van der Waals surface area contributed by atoms with Crippen molar-refractivity contribution >= 4 is 27.0 Å². The van der Waals surface area contributed by atoms with E-state index in [-0.39, 0.29) is 0 Å². The van der Waals surface area contributed by atoms with E-state index in [0.29, 0.717) is 0 Å². The molecule has 1 heterocycles. The van der Waals surface area contributed by atoms with Crippen molar-refractivity contribution in [2.75, 3.05) is 20.3 Å². The molecule has 0 unspecified atom stereocenters. The Labute approximate surface area is 122 Å². The van der Waals surface area contributed by atoms with Crippen molar-refractivity contribution in [1.82, 2.24) is 14.9 Å². The van der Waals surface area contributed by atoms with Crippen LogP contribution in [0.1, 0.15) is 19.2 Å². The van der Waals surface area contributed by atoms with Crippen molar-refractivity contribution in [3.05, 3.63) is 28.5 Å². The van der Waals surface area contributed by atoms with E-state index >= 15 is 0 Å². The lowest BCUT2D eigenvalue weighted by Crippen LogP contribution is -2.21. The maximum atomic E-state index is 5.04. The van der Waals surface area contributed by atoms with Gasteiger partial charge in [0.05, 0.1) is 24.2 Å². The van der Waals surface area contributed by atoms with E-state index in [2.05, 4.69) is 50.9 Å². The van der Waals surface area contributed by atoms with Gasteiger partial charge in [-0.15, -0.1) is 0 Å². The molecule has 0 radical (unpaired) electrons. The highest BCUT2D eigenvalue weighted by Gasteiger charge is 2.09. The molecule has 1 aromatic heterocycles. The van der Waals surface area contributed by atoms with Gasteiger partial charge in [0.15, 0.2) is 0 Å². The van der Waals surface area contributed by atoms with Crippen molar-refractivity contribution in [3.63, 3.8) is 0 Å². The van der Waals surface area contributed by atoms with Crippen molar-refractivity contribution in [1.29, 1.82) is 0 Å². The normalized spacial score (nSPS) is 11.3. The summed E-state index contributed by atoms with van der Waals surface area (Å²) in [4.78, 5) is 4.72. The largest absolute Gasteiger partial charge is 0.383 e. The number of rotatable bonds is 7. The Balaban J connectivity index is 2.22. The molecule has 2 aromatic rings. The molecule has 0 saturated heterocycles. The molecule has 19 heavy (non-hydrogen) atoms. The summed E-state index contributed by atoms with van der Waals surface area (Å²) in [7, 11) is 1.71. The molecule has 0 fully saturated rings. The number of hydrogen-bond acceptors (Lipinski definition) is 3. The number of nitrogens with zero attached hydrogens (tertiary/aromatic N) is 2. The minimum atomic E-state index is 0.722. The fraction of sp³-hybridized carbons (Fsp3) is 0.500. The fourth-order valence-electron chi connectivity index (χ4n) is 2.14. The van der Waals surface area contributed by atoms with Crippen LogP contribution in [0.3, 0.4) is 0 Å². The second-order valence-electron chi connectivity index (χ2n) is 4.48. The number of ether oxygens (including phenoxy) is 1. The first-order chi connectivity index (χ1) is 9.26. The maximum Gasteiger partial charge on any atom is 0.123 e. The van der Waals surface area contributed by atoms with Gasteiger partial charge in [-0.05, 0) is 24.6 Å². The number of methoxy groups -OCH3 is 1. The third-order valence-corrected chi connectivity index (χ3v) is 3.50. The van der Waals surface area contributed by atoms with Crippen LogP contribution in [-0.4, -0.2) is 29.8 Å². The molecular weight excluding hydrogens is 306 g/mol. The van der Waals surface area contributed by atoms with Crippen LogP contribution in [0.2, 0.25) is 0 Å². The van der Waals surface area contributed by atoms with Gasteiger partial charge in [-0.2, -0.15) is 0 Å². The molecule has 0 amide bonds. The molecular formula is C14H20BrN3O. The lowest BCUT2D eigenvalue weighted by molar-refractivity contribution is 0.199. The maximum absolute atomic E-state index is 5.04. The molecule has 0 spiro atoms. The summed E-state index contributed by atoms with van der Waals surface area (Å²) in [6, 6.07) is 6.26. The predicted molar refractivity (Wildman–Crippen MR) is 81.3 cm³/mol. The molecule has 0 saturated carbocycles. The summed E-state index contributed by atoms with van der Waals surface area (Å²) in [6.07, 6.45) is 1.10. The Morgan fingerprint density at radius 2 is 2.26 bits per heavy atom. The Morgan fingerprint density at radius 1 is 1.42 bits per heavy atom. The molecule has 5 heteroatoms. The quantitative estimate of drug-likeness (QED) is 0.795. The third-order valence-electron chi connectivity index (χ3n) is 3.00. The zero-order valence-corrected chi connectivity index (χ0v) is 13.0. The summed E-state index contributed by atoms with van der Waals surface area (Å²) < 4.78 is 8.40. The van der Waals surface area contributed by atoms with Crippen LogP contribution >= 0.6 is 15.9 Å². The Morgan fingerprint density at radius 3 is 3.00 bits per heavy atom. The summed E-state index contributed by atoms with van der Waals surface area (Å²) in [6.45, 7) is 5.52. The number of halogens is 1. The Kier molecular flexibility index (Phi) is 5.36. The van der Waals surface area contributed by atoms with Gasteiger partial charge in [0, 0.05) is 24.7 Å². The van der Waals surface area contributed by atoms with Gasteiger partial charge in [-0.1, -0.05) is 22.9 Å². The molecule has 1 aromatic carbocycles. The van der Waals surface area contributed by atoms with Gasteiger partial charge in [-0.25, -0.2) is 4.98 Å². The topological polar surface area (TPSA) is 39.1 Å². The van der Waals surface area contributed by atoms with Crippen molar-refractivity contribution < 1.29 is 4.74 Å². The van der Waals surface area contributed by atoms with Gasteiger partial charge in [0.2, 0.25) is 0 Å². The van der Waals surface area contributed by atoms with Gasteiger partial charge >= 0.3 is 0 Å². The van der Waals surface area contributed by atoms with E-state index in [1.165, 1.54) is 5.52 Å². The van der Waals surface area contributed by atoms with Crippen LogP contribution in [0.4, 0.5) is 0 Å². The molecule has 0 aliphatic heterocycles. The van der Waals surface area contributed by atoms with Crippen LogP contribution in [0.5, 0.6) is 0 Å². The average molecular weight is 326 g/mol. The molecule has 0 atom stereocenters. The first-order valence-corrected chi connectivity index (χ1v) is 7.40. The highest BCUT2D eigenvalue weighted by molar-refractivity contribution is 9.10. The minimum absolute atomic E-state index is 0.722. The van der Waals surface area contributed by atoms with Gasteiger partial charge in [-0.3, -0.25) is 0 Å². The van der Waals surface area contributed by atoms with Gasteiger partial charge < -0.3 is 14.6 Å². The van der Waals surface area contributed by atoms with Gasteiger partial charge in [0.25, 0.3) is 0 Å². The van der Waals surface area contributed by atoms with Crippen molar-refractivity contribution in [2.45, 2.75) is 26.4 Å². The van der Waals surface area contributed by atoms with Crippen LogP contribution in [0, 0.1) is 0 Å². The Bertz CT molecular complexity index is 539. The first-order valence-electron chi connectivity index (χ1n) is 6.60. The van der Waals surface area contributed by atoms with E-state index < -0.39 is 0 Å². The first kappa shape index (κ1) is 14.5. The van der Waals surface area contributed by atoms with E-state index in [0.717, 1.165) is 48.5 Å². The summed E-state index contributed by atoms with van der Waals surface area (Å²) in [5.74, 6) is 1.09. The van der Waals surface area contributed by atoms with E-state index in [1.54, 1.807) is 7.11 Å². The summed E-state index contributed by atoms with van der Waals surface area (Å²) in [5.41, 5.74) is 2.25. The molecule has 2 rings (SSSR count). The average Bonchev–Trinajstić information content (AvgIpc) is 2.73. The number of aromatic nitrogens is 2. The number of aryl methyl sites for hydroxylation is 1. The summed E-state index contributed by atoms with van der Waals surface area (Å²) in [5, 5.41) is 3.36. The zero-order valence-electron chi connectivity index (χ0n) is 11.4. The van der Waals surface area contributed by atoms with E-state index in [4.69, 9.17) is 9.72 Å². The second-order valence-corrected chi connectivity index (χ2v) is 5.40. The Hall–Kier alpha value is -0.910.